The van der Waals surface area contributed by atoms with Crippen molar-refractivity contribution in [2.24, 2.45) is 0 Å². The summed E-state index contributed by atoms with van der Waals surface area (Å²) in [5.41, 5.74) is 7.27. The van der Waals surface area contributed by atoms with Crippen molar-refractivity contribution in [3.05, 3.63) is 46.1 Å². The van der Waals surface area contributed by atoms with Gasteiger partial charge in [0, 0.05) is 10.7 Å². The topological polar surface area (TPSA) is 81.2 Å². The van der Waals surface area contributed by atoms with E-state index in [1.54, 1.807) is 12.1 Å². The third kappa shape index (κ3) is 3.06. The number of carbonyl (C=O) groups excluding carboxylic acids is 1. The molecule has 0 aliphatic carbocycles. The molecule has 1 amide bonds. The van der Waals surface area contributed by atoms with E-state index >= 15 is 0 Å². The predicted molar refractivity (Wildman–Crippen MR) is 73.0 cm³/mol. The highest BCUT2D eigenvalue weighted by molar-refractivity contribution is 6.31. The summed E-state index contributed by atoms with van der Waals surface area (Å²) in [7, 11) is 0. The van der Waals surface area contributed by atoms with Crippen LogP contribution in [0.2, 0.25) is 5.02 Å². The highest BCUT2D eigenvalue weighted by Crippen LogP contribution is 2.18. The average Bonchev–Trinajstić information content (AvgIpc) is 2.66. The largest absolute Gasteiger partial charge is 0.444 e. The molecule has 0 bridgehead atoms. The van der Waals surface area contributed by atoms with E-state index in [0.29, 0.717) is 22.2 Å². The maximum atomic E-state index is 11.9. The van der Waals surface area contributed by atoms with Crippen LogP contribution in [0.5, 0.6) is 0 Å². The molecule has 1 aromatic carbocycles. The van der Waals surface area contributed by atoms with Crippen molar-refractivity contribution in [3.8, 4) is 0 Å². The number of aryl methyl sites for hydroxylation is 2. The molecule has 0 saturated heterocycles. The SMILES string of the molecule is Cc1nc(CNC(=O)c2ccc(Cl)cc2N)oc1C. The molecule has 0 aliphatic rings. The summed E-state index contributed by atoms with van der Waals surface area (Å²) < 4.78 is 5.37. The normalized spacial score (nSPS) is 10.5. The van der Waals surface area contributed by atoms with Gasteiger partial charge in [-0.05, 0) is 32.0 Å². The molecular weight excluding hydrogens is 266 g/mol. The highest BCUT2D eigenvalue weighted by Gasteiger charge is 2.11. The van der Waals surface area contributed by atoms with Crippen molar-refractivity contribution < 1.29 is 9.21 Å². The van der Waals surface area contributed by atoms with Gasteiger partial charge in [0.05, 0.1) is 17.8 Å². The fourth-order valence-corrected chi connectivity index (χ4v) is 1.79. The number of nitrogens with one attached hydrogen (secondary N) is 1. The lowest BCUT2D eigenvalue weighted by Gasteiger charge is -2.06. The van der Waals surface area contributed by atoms with Crippen molar-refractivity contribution in [1.82, 2.24) is 10.3 Å². The number of benzene rings is 1. The number of halogens is 1. The first kappa shape index (κ1) is 13.4. The van der Waals surface area contributed by atoms with Crippen LogP contribution >= 0.6 is 11.6 Å². The van der Waals surface area contributed by atoms with Crippen molar-refractivity contribution in [2.45, 2.75) is 20.4 Å². The Morgan fingerprint density at radius 1 is 1.47 bits per heavy atom. The molecule has 2 rings (SSSR count). The number of amides is 1. The molecule has 0 fully saturated rings. The minimum atomic E-state index is -0.289. The van der Waals surface area contributed by atoms with Gasteiger partial charge in [0.1, 0.15) is 5.76 Å². The fraction of sp³-hybridized carbons (Fsp3) is 0.231. The van der Waals surface area contributed by atoms with Crippen molar-refractivity contribution >= 4 is 23.2 Å². The van der Waals surface area contributed by atoms with Gasteiger partial charge in [0.15, 0.2) is 0 Å². The van der Waals surface area contributed by atoms with Crippen molar-refractivity contribution in [1.29, 1.82) is 0 Å². The number of nitrogen functional groups attached to an aromatic ring is 1. The molecule has 100 valence electrons. The van der Waals surface area contributed by atoms with Gasteiger partial charge in [-0.15, -0.1) is 0 Å². The second kappa shape index (κ2) is 5.32. The van der Waals surface area contributed by atoms with Crippen LogP contribution < -0.4 is 11.1 Å². The number of hydrogen-bond acceptors (Lipinski definition) is 4. The molecule has 3 N–H and O–H groups in total. The Labute approximate surface area is 115 Å². The number of nitrogens with zero attached hydrogens (tertiary/aromatic N) is 1. The molecule has 0 saturated carbocycles. The number of aromatic nitrogens is 1. The van der Waals surface area contributed by atoms with E-state index in [-0.39, 0.29) is 12.5 Å². The molecule has 0 unspecified atom stereocenters. The molecule has 0 atom stereocenters. The summed E-state index contributed by atoms with van der Waals surface area (Å²) in [6.45, 7) is 3.89. The molecule has 0 aliphatic heterocycles. The number of rotatable bonds is 3. The van der Waals surface area contributed by atoms with E-state index in [2.05, 4.69) is 10.3 Å². The average molecular weight is 280 g/mol. The van der Waals surface area contributed by atoms with Crippen LogP contribution in [-0.2, 0) is 6.54 Å². The second-order valence-corrected chi connectivity index (χ2v) is 4.60. The quantitative estimate of drug-likeness (QED) is 0.846. The first-order chi connectivity index (χ1) is 8.97. The zero-order valence-corrected chi connectivity index (χ0v) is 11.4. The number of carbonyl (C=O) groups is 1. The van der Waals surface area contributed by atoms with Gasteiger partial charge in [0.2, 0.25) is 5.89 Å². The van der Waals surface area contributed by atoms with Gasteiger partial charge >= 0.3 is 0 Å². The maximum Gasteiger partial charge on any atom is 0.253 e. The smallest absolute Gasteiger partial charge is 0.253 e. The number of hydrogen-bond donors (Lipinski definition) is 2. The lowest BCUT2D eigenvalue weighted by molar-refractivity contribution is 0.0948. The summed E-state index contributed by atoms with van der Waals surface area (Å²) in [6, 6.07) is 4.74. The second-order valence-electron chi connectivity index (χ2n) is 4.16. The standard InChI is InChI=1S/C13H14ClN3O2/c1-7-8(2)19-12(17-7)6-16-13(18)10-4-3-9(14)5-11(10)15/h3-5H,6,15H2,1-2H3,(H,16,18). The van der Waals surface area contributed by atoms with E-state index in [4.69, 9.17) is 21.8 Å². The summed E-state index contributed by atoms with van der Waals surface area (Å²) in [5.74, 6) is 0.925. The van der Waals surface area contributed by atoms with Crippen LogP contribution in [0.25, 0.3) is 0 Å². The van der Waals surface area contributed by atoms with Crippen LogP contribution in [-0.4, -0.2) is 10.9 Å². The van der Waals surface area contributed by atoms with Crippen LogP contribution in [0.1, 0.15) is 27.7 Å². The summed E-state index contributed by atoms with van der Waals surface area (Å²) >= 11 is 5.78. The molecule has 0 radical (unpaired) electrons. The van der Waals surface area contributed by atoms with Crippen molar-refractivity contribution in [2.75, 3.05) is 5.73 Å². The van der Waals surface area contributed by atoms with Crippen LogP contribution in [0.15, 0.2) is 22.6 Å². The number of nitrogens with two attached hydrogens (primary N) is 1. The highest BCUT2D eigenvalue weighted by atomic mass is 35.5. The zero-order valence-electron chi connectivity index (χ0n) is 10.7. The van der Waals surface area contributed by atoms with E-state index in [9.17, 15) is 4.79 Å². The molecule has 6 heteroatoms. The van der Waals surface area contributed by atoms with Gasteiger partial charge in [-0.1, -0.05) is 11.6 Å². The van der Waals surface area contributed by atoms with Crippen molar-refractivity contribution in [3.63, 3.8) is 0 Å². The molecule has 1 aromatic heterocycles. The van der Waals surface area contributed by atoms with Crippen LogP contribution in [0.4, 0.5) is 5.69 Å². The fourth-order valence-electron chi connectivity index (χ4n) is 1.61. The van der Waals surface area contributed by atoms with Crippen LogP contribution in [0.3, 0.4) is 0 Å². The first-order valence-electron chi connectivity index (χ1n) is 5.73. The Morgan fingerprint density at radius 2 is 2.21 bits per heavy atom. The van der Waals surface area contributed by atoms with E-state index in [0.717, 1.165) is 11.5 Å². The monoisotopic (exact) mass is 279 g/mol. The molecule has 1 heterocycles. The maximum absolute atomic E-state index is 11.9. The third-order valence-corrected chi connectivity index (χ3v) is 2.97. The van der Waals surface area contributed by atoms with Gasteiger partial charge in [-0.25, -0.2) is 4.98 Å². The van der Waals surface area contributed by atoms with Gasteiger partial charge in [-0.2, -0.15) is 0 Å². The Morgan fingerprint density at radius 3 is 2.79 bits per heavy atom. The molecular formula is C13H14ClN3O2. The van der Waals surface area contributed by atoms with E-state index in [1.165, 1.54) is 6.07 Å². The molecule has 0 spiro atoms. The summed E-state index contributed by atoms with van der Waals surface area (Å²) in [5, 5.41) is 3.19. The third-order valence-electron chi connectivity index (χ3n) is 2.73. The summed E-state index contributed by atoms with van der Waals surface area (Å²) in [4.78, 5) is 16.1. The van der Waals surface area contributed by atoms with Gasteiger partial charge in [-0.3, -0.25) is 4.79 Å². The van der Waals surface area contributed by atoms with Gasteiger partial charge in [0.25, 0.3) is 5.91 Å². The lowest BCUT2D eigenvalue weighted by atomic mass is 10.1. The Kier molecular flexibility index (Phi) is 3.76. The minimum Gasteiger partial charge on any atom is -0.444 e. The lowest BCUT2D eigenvalue weighted by Crippen LogP contribution is -2.23. The van der Waals surface area contributed by atoms with E-state index < -0.39 is 0 Å². The predicted octanol–water partition coefficient (Wildman–Crippen LogP) is 2.46. The molecule has 2 aromatic rings. The van der Waals surface area contributed by atoms with E-state index in [1.807, 2.05) is 13.8 Å². The Balaban J connectivity index is 2.05. The number of anilines is 1. The zero-order chi connectivity index (χ0) is 14.0. The molecule has 5 nitrogen and oxygen atoms in total. The summed E-state index contributed by atoms with van der Waals surface area (Å²) in [6.07, 6.45) is 0. The Bertz CT molecular complexity index is 603. The van der Waals surface area contributed by atoms with Gasteiger partial charge < -0.3 is 15.5 Å². The van der Waals surface area contributed by atoms with Crippen LogP contribution in [0, 0.1) is 13.8 Å². The number of oxazole rings is 1. The Hall–Kier alpha value is -2.01. The minimum absolute atomic E-state index is 0.218. The molecule has 19 heavy (non-hydrogen) atoms. The first-order valence-corrected chi connectivity index (χ1v) is 6.11.